The highest BCUT2D eigenvalue weighted by molar-refractivity contribution is 6.30. The summed E-state index contributed by atoms with van der Waals surface area (Å²) in [4.78, 5) is 0. The largest absolute Gasteiger partial charge is 0.395 e. The van der Waals surface area contributed by atoms with E-state index in [0.717, 1.165) is 21.8 Å². The Morgan fingerprint density at radius 3 is 2.47 bits per heavy atom. The van der Waals surface area contributed by atoms with Crippen molar-refractivity contribution in [3.63, 3.8) is 0 Å². The van der Waals surface area contributed by atoms with E-state index in [1.165, 1.54) is 5.39 Å². The predicted octanol–water partition coefficient (Wildman–Crippen LogP) is 3.95. The zero-order chi connectivity index (χ0) is 13.2. The SMILES string of the molecule is OCCn1c(-c2ccc(Cl)cc2)cc2ccccc21. The van der Waals surface area contributed by atoms with Crippen LogP contribution in [0.3, 0.4) is 0 Å². The molecule has 1 N–H and O–H groups in total. The summed E-state index contributed by atoms with van der Waals surface area (Å²) in [6.07, 6.45) is 0. The van der Waals surface area contributed by atoms with Crippen molar-refractivity contribution in [2.75, 3.05) is 6.61 Å². The van der Waals surface area contributed by atoms with E-state index in [0.29, 0.717) is 6.54 Å². The Kier molecular flexibility index (Phi) is 3.28. The van der Waals surface area contributed by atoms with Crippen molar-refractivity contribution in [2.24, 2.45) is 0 Å². The molecule has 96 valence electrons. The van der Waals surface area contributed by atoms with Gasteiger partial charge in [0.05, 0.1) is 6.61 Å². The lowest BCUT2D eigenvalue weighted by molar-refractivity contribution is 0.279. The number of hydrogen-bond acceptors (Lipinski definition) is 1. The number of fused-ring (bicyclic) bond motifs is 1. The van der Waals surface area contributed by atoms with Crippen LogP contribution in [0.2, 0.25) is 5.02 Å². The molecule has 0 aliphatic carbocycles. The molecule has 0 radical (unpaired) electrons. The molecule has 0 aliphatic heterocycles. The average molecular weight is 272 g/mol. The van der Waals surface area contributed by atoms with Gasteiger partial charge >= 0.3 is 0 Å². The molecule has 0 bridgehead atoms. The number of hydrogen-bond donors (Lipinski definition) is 1. The molecule has 3 rings (SSSR count). The van der Waals surface area contributed by atoms with E-state index >= 15 is 0 Å². The van der Waals surface area contributed by atoms with Crippen molar-refractivity contribution < 1.29 is 5.11 Å². The quantitative estimate of drug-likeness (QED) is 0.766. The number of aliphatic hydroxyl groups excluding tert-OH is 1. The maximum absolute atomic E-state index is 9.27. The molecule has 19 heavy (non-hydrogen) atoms. The number of halogens is 1. The molecule has 0 aliphatic rings. The van der Waals surface area contributed by atoms with E-state index < -0.39 is 0 Å². The third kappa shape index (κ3) is 2.25. The first kappa shape index (κ1) is 12.3. The first-order valence-corrected chi connectivity index (χ1v) is 6.62. The highest BCUT2D eigenvalue weighted by Gasteiger charge is 2.09. The van der Waals surface area contributed by atoms with E-state index in [9.17, 15) is 5.11 Å². The summed E-state index contributed by atoms with van der Waals surface area (Å²) in [6, 6.07) is 18.1. The third-order valence-electron chi connectivity index (χ3n) is 3.27. The minimum atomic E-state index is 0.124. The van der Waals surface area contributed by atoms with Gasteiger partial charge < -0.3 is 9.67 Å². The Balaban J connectivity index is 2.21. The van der Waals surface area contributed by atoms with E-state index in [2.05, 4.69) is 22.8 Å². The molecule has 2 nitrogen and oxygen atoms in total. The van der Waals surface area contributed by atoms with Gasteiger partial charge in [0.25, 0.3) is 0 Å². The summed E-state index contributed by atoms with van der Waals surface area (Å²) < 4.78 is 2.14. The lowest BCUT2D eigenvalue weighted by Crippen LogP contribution is -2.03. The number of benzene rings is 2. The fraction of sp³-hybridized carbons (Fsp3) is 0.125. The van der Waals surface area contributed by atoms with Crippen LogP contribution >= 0.6 is 11.6 Å². The molecule has 3 heteroatoms. The van der Waals surface area contributed by atoms with Crippen LogP contribution in [0.4, 0.5) is 0 Å². The topological polar surface area (TPSA) is 25.2 Å². The van der Waals surface area contributed by atoms with E-state index in [1.807, 2.05) is 36.4 Å². The Hall–Kier alpha value is -1.77. The second-order valence-electron chi connectivity index (χ2n) is 4.47. The summed E-state index contributed by atoms with van der Waals surface area (Å²) in [5.41, 5.74) is 3.35. The summed E-state index contributed by atoms with van der Waals surface area (Å²) in [7, 11) is 0. The molecule has 1 aromatic heterocycles. The monoisotopic (exact) mass is 271 g/mol. The molecule has 0 saturated heterocycles. The maximum atomic E-state index is 9.27. The van der Waals surface area contributed by atoms with E-state index in [-0.39, 0.29) is 6.61 Å². The maximum Gasteiger partial charge on any atom is 0.0610 e. The fourth-order valence-corrected chi connectivity index (χ4v) is 2.54. The van der Waals surface area contributed by atoms with Crippen LogP contribution in [-0.2, 0) is 6.54 Å². The van der Waals surface area contributed by atoms with Crippen LogP contribution in [0.25, 0.3) is 22.2 Å². The van der Waals surface area contributed by atoms with Crippen molar-refractivity contribution in [2.45, 2.75) is 6.54 Å². The molecule has 2 aromatic carbocycles. The van der Waals surface area contributed by atoms with Crippen LogP contribution < -0.4 is 0 Å². The highest BCUT2D eigenvalue weighted by Crippen LogP contribution is 2.28. The molecule has 3 aromatic rings. The van der Waals surface area contributed by atoms with Gasteiger partial charge in [-0.1, -0.05) is 41.9 Å². The van der Waals surface area contributed by atoms with Crippen LogP contribution in [0.15, 0.2) is 54.6 Å². The Bertz CT molecular complexity index is 700. The molecule has 0 atom stereocenters. The molecule has 0 spiro atoms. The number of rotatable bonds is 3. The molecule has 0 saturated carbocycles. The Labute approximate surface area is 116 Å². The Morgan fingerprint density at radius 2 is 1.74 bits per heavy atom. The number of nitrogens with zero attached hydrogens (tertiary/aromatic N) is 1. The van der Waals surface area contributed by atoms with Gasteiger partial charge in [0.2, 0.25) is 0 Å². The average Bonchev–Trinajstić information content (AvgIpc) is 2.79. The standard InChI is InChI=1S/C16H14ClNO/c17-14-7-5-12(6-8-14)16-11-13-3-1-2-4-15(13)18(16)9-10-19/h1-8,11,19H,9-10H2. The lowest BCUT2D eigenvalue weighted by Gasteiger charge is -2.09. The van der Waals surface area contributed by atoms with Gasteiger partial charge in [0.15, 0.2) is 0 Å². The Morgan fingerprint density at radius 1 is 1.00 bits per heavy atom. The second kappa shape index (κ2) is 5.08. The van der Waals surface area contributed by atoms with Crippen molar-refractivity contribution in [1.29, 1.82) is 0 Å². The normalized spacial score (nSPS) is 11.1. The molecular weight excluding hydrogens is 258 g/mol. The summed E-state index contributed by atoms with van der Waals surface area (Å²) in [5, 5.41) is 11.2. The molecular formula is C16H14ClNO. The van der Waals surface area contributed by atoms with Crippen LogP contribution in [-0.4, -0.2) is 16.3 Å². The van der Waals surface area contributed by atoms with Gasteiger partial charge in [-0.2, -0.15) is 0 Å². The van der Waals surface area contributed by atoms with E-state index in [1.54, 1.807) is 0 Å². The molecule has 1 heterocycles. The van der Waals surface area contributed by atoms with Gasteiger partial charge in [-0.05, 0) is 29.8 Å². The minimum Gasteiger partial charge on any atom is -0.395 e. The van der Waals surface area contributed by atoms with Crippen molar-refractivity contribution in [1.82, 2.24) is 4.57 Å². The zero-order valence-electron chi connectivity index (χ0n) is 10.4. The van der Waals surface area contributed by atoms with Crippen molar-refractivity contribution in [3.05, 3.63) is 59.6 Å². The van der Waals surface area contributed by atoms with Crippen LogP contribution in [0.5, 0.6) is 0 Å². The third-order valence-corrected chi connectivity index (χ3v) is 3.53. The molecule has 0 amide bonds. The number of aromatic nitrogens is 1. The molecule has 0 unspecified atom stereocenters. The number of aliphatic hydroxyl groups is 1. The highest BCUT2D eigenvalue weighted by atomic mass is 35.5. The van der Waals surface area contributed by atoms with Gasteiger partial charge in [-0.3, -0.25) is 0 Å². The first-order chi connectivity index (χ1) is 9.29. The van der Waals surface area contributed by atoms with Crippen LogP contribution in [0, 0.1) is 0 Å². The van der Waals surface area contributed by atoms with Crippen molar-refractivity contribution in [3.8, 4) is 11.3 Å². The van der Waals surface area contributed by atoms with E-state index in [4.69, 9.17) is 11.6 Å². The first-order valence-electron chi connectivity index (χ1n) is 6.24. The van der Waals surface area contributed by atoms with Crippen molar-refractivity contribution >= 4 is 22.5 Å². The van der Waals surface area contributed by atoms with Gasteiger partial charge in [-0.15, -0.1) is 0 Å². The fourth-order valence-electron chi connectivity index (χ4n) is 2.41. The molecule has 0 fully saturated rings. The summed E-state index contributed by atoms with van der Waals surface area (Å²) in [5.74, 6) is 0. The second-order valence-corrected chi connectivity index (χ2v) is 4.91. The van der Waals surface area contributed by atoms with Gasteiger partial charge in [0, 0.05) is 28.2 Å². The summed E-state index contributed by atoms with van der Waals surface area (Å²) in [6.45, 7) is 0.713. The predicted molar refractivity (Wildman–Crippen MR) is 79.5 cm³/mol. The lowest BCUT2D eigenvalue weighted by atomic mass is 10.1. The van der Waals surface area contributed by atoms with Gasteiger partial charge in [0.1, 0.15) is 0 Å². The number of para-hydroxylation sites is 1. The van der Waals surface area contributed by atoms with Gasteiger partial charge in [-0.25, -0.2) is 0 Å². The smallest absolute Gasteiger partial charge is 0.0610 e. The zero-order valence-corrected chi connectivity index (χ0v) is 11.1. The summed E-state index contributed by atoms with van der Waals surface area (Å²) >= 11 is 5.93. The minimum absolute atomic E-state index is 0.124. The van der Waals surface area contributed by atoms with Crippen LogP contribution in [0.1, 0.15) is 0 Å².